The quantitative estimate of drug-likeness (QED) is 0.635. The van der Waals surface area contributed by atoms with Gasteiger partial charge in [-0.2, -0.15) is 5.10 Å². The van der Waals surface area contributed by atoms with E-state index in [2.05, 4.69) is 15.5 Å². The zero-order valence-electron chi connectivity index (χ0n) is 13.8. The van der Waals surface area contributed by atoms with Crippen molar-refractivity contribution in [2.24, 2.45) is 5.73 Å². The molecule has 2 amide bonds. The SMILES string of the molecule is NC(=O)C[C@H](NC(=O)c1cn[nH]c1-c1ccccc1)c1ccccc1F. The minimum Gasteiger partial charge on any atom is -0.370 e. The Morgan fingerprint density at radius 3 is 2.50 bits per heavy atom. The molecule has 6 nitrogen and oxygen atoms in total. The average molecular weight is 352 g/mol. The third-order valence-electron chi connectivity index (χ3n) is 3.94. The summed E-state index contributed by atoms with van der Waals surface area (Å²) in [5.41, 5.74) is 7.08. The Labute approximate surface area is 149 Å². The number of benzene rings is 2. The number of primary amides is 1. The highest BCUT2D eigenvalue weighted by Crippen LogP contribution is 2.24. The Morgan fingerprint density at radius 2 is 1.81 bits per heavy atom. The lowest BCUT2D eigenvalue weighted by Gasteiger charge is -2.18. The monoisotopic (exact) mass is 352 g/mol. The third-order valence-corrected chi connectivity index (χ3v) is 3.94. The number of aromatic amines is 1. The van der Waals surface area contributed by atoms with Crippen molar-refractivity contribution in [3.8, 4) is 11.3 Å². The molecule has 0 radical (unpaired) electrons. The smallest absolute Gasteiger partial charge is 0.255 e. The van der Waals surface area contributed by atoms with E-state index in [1.165, 1.54) is 24.4 Å². The van der Waals surface area contributed by atoms with E-state index >= 15 is 0 Å². The number of carbonyl (C=O) groups excluding carboxylic acids is 2. The van der Waals surface area contributed by atoms with E-state index < -0.39 is 23.7 Å². The molecule has 3 aromatic rings. The molecule has 1 heterocycles. The van der Waals surface area contributed by atoms with E-state index in [4.69, 9.17) is 5.73 Å². The lowest BCUT2D eigenvalue weighted by atomic mass is 10.0. The zero-order valence-corrected chi connectivity index (χ0v) is 13.8. The Hall–Kier alpha value is -3.48. The first-order valence-electron chi connectivity index (χ1n) is 7.98. The van der Waals surface area contributed by atoms with Crippen LogP contribution in [0.1, 0.15) is 28.4 Å². The van der Waals surface area contributed by atoms with Crippen LogP contribution >= 0.6 is 0 Å². The van der Waals surface area contributed by atoms with Crippen molar-refractivity contribution in [3.05, 3.63) is 77.7 Å². The Morgan fingerprint density at radius 1 is 1.12 bits per heavy atom. The first kappa shape index (κ1) is 17.3. The Balaban J connectivity index is 1.89. The molecule has 7 heteroatoms. The van der Waals surface area contributed by atoms with Gasteiger partial charge in [-0.25, -0.2) is 4.39 Å². The summed E-state index contributed by atoms with van der Waals surface area (Å²) >= 11 is 0. The third kappa shape index (κ3) is 3.77. The van der Waals surface area contributed by atoms with Crippen LogP contribution in [0, 0.1) is 5.82 Å². The highest BCUT2D eigenvalue weighted by Gasteiger charge is 2.23. The normalized spacial score (nSPS) is 11.7. The van der Waals surface area contributed by atoms with Crippen LogP contribution in [0.3, 0.4) is 0 Å². The van der Waals surface area contributed by atoms with Crippen LogP contribution in [0.15, 0.2) is 60.8 Å². The number of nitrogens with one attached hydrogen (secondary N) is 2. The number of rotatable bonds is 6. The van der Waals surface area contributed by atoms with Crippen LogP contribution in [-0.2, 0) is 4.79 Å². The number of nitrogens with zero attached hydrogens (tertiary/aromatic N) is 1. The first-order valence-corrected chi connectivity index (χ1v) is 7.98. The van der Waals surface area contributed by atoms with E-state index in [9.17, 15) is 14.0 Å². The second-order valence-electron chi connectivity index (χ2n) is 5.74. The number of hydrogen-bond donors (Lipinski definition) is 3. The van der Waals surface area contributed by atoms with Gasteiger partial charge in [0.15, 0.2) is 0 Å². The number of amides is 2. The molecule has 0 fully saturated rings. The molecule has 0 bridgehead atoms. The molecule has 0 spiro atoms. The summed E-state index contributed by atoms with van der Waals surface area (Å²) in [4.78, 5) is 24.1. The summed E-state index contributed by atoms with van der Waals surface area (Å²) in [6, 6.07) is 14.3. The number of nitrogens with two attached hydrogens (primary N) is 1. The molecule has 0 saturated carbocycles. The van der Waals surface area contributed by atoms with Crippen LogP contribution < -0.4 is 11.1 Å². The molecule has 3 rings (SSSR count). The molecule has 1 aromatic heterocycles. The van der Waals surface area contributed by atoms with E-state index in [1.54, 1.807) is 6.07 Å². The summed E-state index contributed by atoms with van der Waals surface area (Å²) in [5, 5.41) is 9.40. The molecular formula is C19H17FN4O2. The number of carbonyl (C=O) groups is 2. The maximum atomic E-state index is 14.1. The molecule has 0 aliphatic carbocycles. The average Bonchev–Trinajstić information content (AvgIpc) is 3.12. The molecule has 0 aliphatic rings. The van der Waals surface area contributed by atoms with Crippen molar-refractivity contribution in [1.29, 1.82) is 0 Å². The van der Waals surface area contributed by atoms with Gasteiger partial charge in [0.25, 0.3) is 5.91 Å². The Bertz CT molecular complexity index is 924. The van der Waals surface area contributed by atoms with Crippen LogP contribution in [0.4, 0.5) is 4.39 Å². The van der Waals surface area contributed by atoms with Gasteiger partial charge in [-0.3, -0.25) is 14.7 Å². The van der Waals surface area contributed by atoms with Gasteiger partial charge in [0.1, 0.15) is 5.82 Å². The van der Waals surface area contributed by atoms with Gasteiger partial charge in [0.05, 0.1) is 29.9 Å². The fourth-order valence-electron chi connectivity index (χ4n) is 2.72. The molecule has 26 heavy (non-hydrogen) atoms. The molecule has 0 unspecified atom stereocenters. The van der Waals surface area contributed by atoms with E-state index in [-0.39, 0.29) is 12.0 Å². The van der Waals surface area contributed by atoms with Crippen molar-refractivity contribution >= 4 is 11.8 Å². The largest absolute Gasteiger partial charge is 0.370 e. The summed E-state index contributed by atoms with van der Waals surface area (Å²) in [6.45, 7) is 0. The topological polar surface area (TPSA) is 101 Å². The molecule has 132 valence electrons. The summed E-state index contributed by atoms with van der Waals surface area (Å²) < 4.78 is 14.1. The lowest BCUT2D eigenvalue weighted by Crippen LogP contribution is -2.32. The fraction of sp³-hybridized carbons (Fsp3) is 0.105. The van der Waals surface area contributed by atoms with Crippen molar-refractivity contribution in [1.82, 2.24) is 15.5 Å². The minimum absolute atomic E-state index is 0.199. The van der Waals surface area contributed by atoms with Crippen LogP contribution in [0.25, 0.3) is 11.3 Å². The van der Waals surface area contributed by atoms with Crippen molar-refractivity contribution < 1.29 is 14.0 Å². The number of aromatic nitrogens is 2. The minimum atomic E-state index is -0.875. The zero-order chi connectivity index (χ0) is 18.5. The van der Waals surface area contributed by atoms with E-state index in [0.29, 0.717) is 11.3 Å². The van der Waals surface area contributed by atoms with Crippen molar-refractivity contribution in [3.63, 3.8) is 0 Å². The van der Waals surface area contributed by atoms with E-state index in [0.717, 1.165) is 5.56 Å². The second kappa shape index (κ2) is 7.60. The molecule has 4 N–H and O–H groups in total. The molecule has 2 aromatic carbocycles. The maximum absolute atomic E-state index is 14.1. The highest BCUT2D eigenvalue weighted by molar-refractivity contribution is 6.00. The predicted octanol–water partition coefficient (Wildman–Crippen LogP) is 2.56. The van der Waals surface area contributed by atoms with E-state index in [1.807, 2.05) is 30.3 Å². The number of H-pyrrole nitrogens is 1. The molecular weight excluding hydrogens is 335 g/mol. The number of hydrogen-bond acceptors (Lipinski definition) is 3. The molecule has 0 saturated heterocycles. The van der Waals surface area contributed by atoms with Gasteiger partial charge in [0.2, 0.25) is 5.91 Å². The summed E-state index contributed by atoms with van der Waals surface area (Å²) in [7, 11) is 0. The van der Waals surface area contributed by atoms with Gasteiger partial charge in [-0.15, -0.1) is 0 Å². The highest BCUT2D eigenvalue weighted by atomic mass is 19.1. The first-order chi connectivity index (χ1) is 12.6. The maximum Gasteiger partial charge on any atom is 0.255 e. The van der Waals surface area contributed by atoms with Crippen molar-refractivity contribution in [2.45, 2.75) is 12.5 Å². The standard InChI is InChI=1S/C19H17FN4O2/c20-15-9-5-4-8-13(15)16(10-17(21)25)23-19(26)14-11-22-24-18(14)12-6-2-1-3-7-12/h1-9,11,16H,10H2,(H2,21,25)(H,22,24)(H,23,26)/t16-/m0/s1. The molecule has 1 atom stereocenters. The van der Waals surface area contributed by atoms with Crippen LogP contribution in [0.2, 0.25) is 0 Å². The predicted molar refractivity (Wildman–Crippen MR) is 94.4 cm³/mol. The Kier molecular flexibility index (Phi) is 5.07. The lowest BCUT2D eigenvalue weighted by molar-refractivity contribution is -0.118. The van der Waals surface area contributed by atoms with Crippen LogP contribution in [0.5, 0.6) is 0 Å². The van der Waals surface area contributed by atoms with Gasteiger partial charge >= 0.3 is 0 Å². The summed E-state index contributed by atoms with van der Waals surface area (Å²) in [6.07, 6.45) is 1.17. The van der Waals surface area contributed by atoms with Gasteiger partial charge in [0, 0.05) is 11.1 Å². The van der Waals surface area contributed by atoms with Gasteiger partial charge < -0.3 is 11.1 Å². The molecule has 0 aliphatic heterocycles. The van der Waals surface area contributed by atoms with Crippen LogP contribution in [-0.4, -0.2) is 22.0 Å². The van der Waals surface area contributed by atoms with Crippen molar-refractivity contribution in [2.75, 3.05) is 0 Å². The number of halogens is 1. The second-order valence-corrected chi connectivity index (χ2v) is 5.74. The van der Waals surface area contributed by atoms with Gasteiger partial charge in [-0.05, 0) is 6.07 Å². The summed E-state index contributed by atoms with van der Waals surface area (Å²) in [5.74, 6) is -1.64. The fourth-order valence-corrected chi connectivity index (χ4v) is 2.72. The van der Waals surface area contributed by atoms with Gasteiger partial charge in [-0.1, -0.05) is 48.5 Å².